The Kier molecular flexibility index (Phi) is 3.41. The van der Waals surface area contributed by atoms with Crippen molar-refractivity contribution in [1.29, 1.82) is 0 Å². The van der Waals surface area contributed by atoms with Crippen LogP contribution in [0.15, 0.2) is 30.9 Å². The molecule has 1 aliphatic heterocycles. The van der Waals surface area contributed by atoms with Crippen LogP contribution in [-0.4, -0.2) is 34.1 Å². The van der Waals surface area contributed by atoms with Gasteiger partial charge < -0.3 is 9.64 Å². The van der Waals surface area contributed by atoms with Gasteiger partial charge in [0.25, 0.3) is 0 Å². The van der Waals surface area contributed by atoms with Gasteiger partial charge in [-0.15, -0.1) is 0 Å². The molecule has 114 valence electrons. The van der Waals surface area contributed by atoms with Gasteiger partial charge >= 0.3 is 0 Å². The predicted molar refractivity (Wildman–Crippen MR) is 84.2 cm³/mol. The first kappa shape index (κ1) is 13.5. The van der Waals surface area contributed by atoms with Crippen LogP contribution in [0, 0.1) is 6.92 Å². The van der Waals surface area contributed by atoms with Crippen molar-refractivity contribution in [1.82, 2.24) is 15.0 Å². The van der Waals surface area contributed by atoms with Gasteiger partial charge in [0.1, 0.15) is 24.0 Å². The van der Waals surface area contributed by atoms with Crippen LogP contribution in [0.3, 0.4) is 0 Å². The number of hydrogen-bond acceptors (Lipinski definition) is 5. The molecule has 0 radical (unpaired) electrons. The van der Waals surface area contributed by atoms with Crippen molar-refractivity contribution in [2.75, 3.05) is 18.0 Å². The molecule has 2 aromatic rings. The van der Waals surface area contributed by atoms with Crippen LogP contribution >= 0.6 is 0 Å². The molecule has 4 rings (SSSR count). The molecule has 0 amide bonds. The van der Waals surface area contributed by atoms with Crippen LogP contribution in [0.1, 0.15) is 36.4 Å². The maximum absolute atomic E-state index is 6.12. The van der Waals surface area contributed by atoms with Crippen molar-refractivity contribution in [2.24, 2.45) is 0 Å². The van der Waals surface area contributed by atoms with E-state index in [0.29, 0.717) is 5.92 Å². The Morgan fingerprint density at radius 1 is 1.23 bits per heavy atom. The minimum Gasteiger partial charge on any atom is -0.488 e. The van der Waals surface area contributed by atoms with Crippen molar-refractivity contribution in [3.05, 3.63) is 42.1 Å². The highest BCUT2D eigenvalue weighted by Gasteiger charge is 2.28. The minimum absolute atomic E-state index is 0.209. The number of aryl methyl sites for hydroxylation is 1. The molecular formula is C17H20N4O. The Morgan fingerprint density at radius 2 is 2.14 bits per heavy atom. The summed E-state index contributed by atoms with van der Waals surface area (Å²) < 4.78 is 6.12. The third-order valence-corrected chi connectivity index (χ3v) is 4.40. The van der Waals surface area contributed by atoms with Gasteiger partial charge in [0.15, 0.2) is 0 Å². The number of anilines is 1. The third-order valence-electron chi connectivity index (χ3n) is 4.40. The lowest BCUT2D eigenvalue weighted by Crippen LogP contribution is -2.25. The van der Waals surface area contributed by atoms with Crippen molar-refractivity contribution in [3.63, 3.8) is 0 Å². The zero-order valence-corrected chi connectivity index (χ0v) is 12.8. The second-order valence-electron chi connectivity index (χ2n) is 6.19. The van der Waals surface area contributed by atoms with Crippen molar-refractivity contribution in [2.45, 2.75) is 38.2 Å². The smallest absolute Gasteiger partial charge is 0.132 e. The van der Waals surface area contributed by atoms with Gasteiger partial charge in [-0.3, -0.25) is 4.98 Å². The molecule has 1 saturated carbocycles. The predicted octanol–water partition coefficient (Wildman–Crippen LogP) is 2.72. The standard InChI is InChI=1S/C17H20N4O/c1-12-9-18-6-4-16(12)22-14-5-7-21(10-14)17-8-15(13-2-3-13)19-11-20-17/h4,6,8-9,11,13-14H,2-3,5,7,10H2,1H3. The number of pyridine rings is 1. The van der Waals surface area contributed by atoms with Crippen LogP contribution < -0.4 is 9.64 Å². The summed E-state index contributed by atoms with van der Waals surface area (Å²) in [6, 6.07) is 4.09. The van der Waals surface area contributed by atoms with E-state index in [2.05, 4.69) is 25.9 Å². The average Bonchev–Trinajstić information content (AvgIpc) is 3.29. The topological polar surface area (TPSA) is 51.1 Å². The van der Waals surface area contributed by atoms with E-state index in [1.807, 2.05) is 19.2 Å². The molecule has 5 nitrogen and oxygen atoms in total. The highest BCUT2D eigenvalue weighted by Crippen LogP contribution is 2.39. The van der Waals surface area contributed by atoms with Crippen LogP contribution in [0.5, 0.6) is 5.75 Å². The summed E-state index contributed by atoms with van der Waals surface area (Å²) in [7, 11) is 0. The maximum atomic E-state index is 6.12. The highest BCUT2D eigenvalue weighted by atomic mass is 16.5. The molecule has 22 heavy (non-hydrogen) atoms. The molecular weight excluding hydrogens is 276 g/mol. The molecule has 1 unspecified atom stereocenters. The molecule has 0 spiro atoms. The van der Waals surface area contributed by atoms with Crippen LogP contribution in [-0.2, 0) is 0 Å². The van der Waals surface area contributed by atoms with Gasteiger partial charge in [-0.05, 0) is 25.8 Å². The quantitative estimate of drug-likeness (QED) is 0.868. The molecule has 1 saturated heterocycles. The molecule has 1 aliphatic carbocycles. The monoisotopic (exact) mass is 296 g/mol. The normalized spacial score (nSPS) is 21.1. The summed E-state index contributed by atoms with van der Waals surface area (Å²) in [6.07, 6.45) is 9.08. The Morgan fingerprint density at radius 3 is 2.95 bits per heavy atom. The van der Waals surface area contributed by atoms with Gasteiger partial charge in [-0.25, -0.2) is 9.97 Å². The summed E-state index contributed by atoms with van der Waals surface area (Å²) in [5.74, 6) is 2.63. The van der Waals surface area contributed by atoms with E-state index in [1.165, 1.54) is 18.5 Å². The lowest BCUT2D eigenvalue weighted by molar-refractivity contribution is 0.223. The first-order chi connectivity index (χ1) is 10.8. The van der Waals surface area contributed by atoms with Crippen molar-refractivity contribution < 1.29 is 4.74 Å². The van der Waals surface area contributed by atoms with E-state index in [9.17, 15) is 0 Å². The SMILES string of the molecule is Cc1cnccc1OC1CCN(c2cc(C3CC3)ncn2)C1. The molecule has 2 aliphatic rings. The summed E-state index contributed by atoms with van der Waals surface area (Å²) in [5.41, 5.74) is 2.28. The maximum Gasteiger partial charge on any atom is 0.132 e. The van der Waals surface area contributed by atoms with E-state index in [4.69, 9.17) is 4.74 Å². The lowest BCUT2D eigenvalue weighted by Gasteiger charge is -2.19. The van der Waals surface area contributed by atoms with E-state index in [0.717, 1.165) is 36.6 Å². The third kappa shape index (κ3) is 2.75. The molecule has 2 fully saturated rings. The second kappa shape index (κ2) is 5.55. The van der Waals surface area contributed by atoms with Crippen molar-refractivity contribution in [3.8, 4) is 5.75 Å². The number of hydrogen-bond donors (Lipinski definition) is 0. The summed E-state index contributed by atoms with van der Waals surface area (Å²) in [6.45, 7) is 3.89. The fourth-order valence-corrected chi connectivity index (χ4v) is 2.94. The van der Waals surface area contributed by atoms with E-state index in [-0.39, 0.29) is 6.10 Å². The van der Waals surface area contributed by atoms with Gasteiger partial charge in [0, 0.05) is 48.6 Å². The molecule has 0 bridgehead atoms. The van der Waals surface area contributed by atoms with Crippen LogP contribution in [0.2, 0.25) is 0 Å². The van der Waals surface area contributed by atoms with Gasteiger partial charge in [-0.1, -0.05) is 0 Å². The number of nitrogens with zero attached hydrogens (tertiary/aromatic N) is 4. The highest BCUT2D eigenvalue weighted by molar-refractivity contribution is 5.42. The van der Waals surface area contributed by atoms with Crippen LogP contribution in [0.4, 0.5) is 5.82 Å². The average molecular weight is 296 g/mol. The minimum atomic E-state index is 0.209. The largest absolute Gasteiger partial charge is 0.488 e. The van der Waals surface area contributed by atoms with E-state index < -0.39 is 0 Å². The van der Waals surface area contributed by atoms with Crippen LogP contribution in [0.25, 0.3) is 0 Å². The summed E-state index contributed by atoms with van der Waals surface area (Å²) in [4.78, 5) is 15.2. The molecule has 1 atom stereocenters. The first-order valence-corrected chi connectivity index (χ1v) is 7.94. The van der Waals surface area contributed by atoms with Gasteiger partial charge in [-0.2, -0.15) is 0 Å². The summed E-state index contributed by atoms with van der Waals surface area (Å²) >= 11 is 0. The van der Waals surface area contributed by atoms with Gasteiger partial charge in [0.2, 0.25) is 0 Å². The zero-order valence-electron chi connectivity index (χ0n) is 12.8. The van der Waals surface area contributed by atoms with Crippen molar-refractivity contribution >= 4 is 5.82 Å². The van der Waals surface area contributed by atoms with E-state index >= 15 is 0 Å². The Labute approximate surface area is 130 Å². The second-order valence-corrected chi connectivity index (χ2v) is 6.19. The number of aromatic nitrogens is 3. The lowest BCUT2D eigenvalue weighted by atomic mass is 10.2. The molecule has 2 aromatic heterocycles. The Hall–Kier alpha value is -2.17. The number of rotatable bonds is 4. The van der Waals surface area contributed by atoms with Gasteiger partial charge in [0.05, 0.1) is 6.54 Å². The molecule has 3 heterocycles. The van der Waals surface area contributed by atoms with E-state index in [1.54, 1.807) is 12.5 Å². The fourth-order valence-electron chi connectivity index (χ4n) is 2.94. The molecule has 0 aromatic carbocycles. The fraction of sp³-hybridized carbons (Fsp3) is 0.471. The summed E-state index contributed by atoms with van der Waals surface area (Å²) in [5, 5.41) is 0. The first-order valence-electron chi connectivity index (χ1n) is 7.94. The Balaban J connectivity index is 1.44. The Bertz CT molecular complexity index is 671. The number of ether oxygens (including phenoxy) is 1. The zero-order chi connectivity index (χ0) is 14.9. The molecule has 5 heteroatoms. The molecule has 0 N–H and O–H groups in total.